The number of hydrogen-bond donors (Lipinski definition) is 2. The monoisotopic (exact) mass is 711 g/mol. The van der Waals surface area contributed by atoms with Crippen molar-refractivity contribution < 1.29 is 24.0 Å². The molecule has 1 unspecified atom stereocenters. The van der Waals surface area contributed by atoms with Gasteiger partial charge in [0.25, 0.3) is 17.7 Å². The molecule has 270 valence electrons. The van der Waals surface area contributed by atoms with Crippen molar-refractivity contribution in [2.45, 2.75) is 77.2 Å². The molecule has 12 heteroatoms. The highest BCUT2D eigenvalue weighted by Gasteiger charge is 2.45. The quantitative estimate of drug-likeness (QED) is 0.347. The van der Waals surface area contributed by atoms with E-state index in [1.165, 1.54) is 0 Å². The number of nitriles is 1. The zero-order valence-electron chi connectivity index (χ0n) is 29.9. The first kappa shape index (κ1) is 34.3. The standard InChI is InChI=1S/C41H41N7O5/c1-3-25-17-33(9-6-27(25)20-42)47-23-30(16-24(47)2)43-38(50)26-4-7-31(8-5-26)45-14-12-32(13-15-45)46-21-28-18-34-35(19-29(28)22-46)41(53)48(40(34)52)36-10-11-37(49)44-39(36)51/h4-9,16-19,24,32,36H,3,10-15,21-23H2,1-2H3,(H,43,50)(H,44,49,51)/t24-,36?/m0/s1. The topological polar surface area (TPSA) is 146 Å². The first-order valence-electron chi connectivity index (χ1n) is 18.4. The second-order valence-corrected chi connectivity index (χ2v) is 14.6. The van der Waals surface area contributed by atoms with Crippen molar-refractivity contribution >= 4 is 40.9 Å². The molecule has 0 saturated carbocycles. The van der Waals surface area contributed by atoms with E-state index in [9.17, 15) is 29.2 Å². The van der Waals surface area contributed by atoms with E-state index in [0.29, 0.717) is 47.9 Å². The van der Waals surface area contributed by atoms with Gasteiger partial charge in [0.1, 0.15) is 6.04 Å². The fraction of sp³-hybridized carbons (Fsp3) is 0.366. The number of anilines is 2. The Balaban J connectivity index is 0.841. The Morgan fingerprint density at radius 1 is 0.887 bits per heavy atom. The Hall–Kier alpha value is -5.80. The molecule has 0 aliphatic carbocycles. The molecule has 5 aliphatic rings. The number of nitrogens with zero attached hydrogens (tertiary/aromatic N) is 5. The normalized spacial score (nSPS) is 21.8. The molecule has 5 aliphatic heterocycles. The summed E-state index contributed by atoms with van der Waals surface area (Å²) in [4.78, 5) is 71.9. The van der Waals surface area contributed by atoms with Crippen LogP contribution in [0, 0.1) is 11.3 Å². The predicted octanol–water partition coefficient (Wildman–Crippen LogP) is 4.03. The Morgan fingerprint density at radius 3 is 2.17 bits per heavy atom. The first-order chi connectivity index (χ1) is 25.6. The predicted molar refractivity (Wildman–Crippen MR) is 197 cm³/mol. The van der Waals surface area contributed by atoms with Crippen molar-refractivity contribution in [3.05, 3.63) is 105 Å². The highest BCUT2D eigenvalue weighted by molar-refractivity contribution is 6.23. The van der Waals surface area contributed by atoms with Crippen LogP contribution < -0.4 is 20.4 Å². The van der Waals surface area contributed by atoms with Crippen LogP contribution in [-0.2, 0) is 29.1 Å². The summed E-state index contributed by atoms with van der Waals surface area (Å²) >= 11 is 0. The number of piperidine rings is 2. The first-order valence-corrected chi connectivity index (χ1v) is 18.4. The lowest BCUT2D eigenvalue weighted by molar-refractivity contribution is -0.136. The number of carbonyl (C=O) groups excluding carboxylic acids is 5. The SMILES string of the molecule is CCc1cc(N2CC(NC(=O)c3ccc(N4CCC(N5Cc6cc7c(cc6C5)C(=O)N(C5CCC(=O)NC5=O)C7=O)CC4)cc3)=C[C@@H]2C)ccc1C#N. The molecule has 0 aromatic heterocycles. The zero-order chi connectivity index (χ0) is 37.0. The number of aryl methyl sites for hydroxylation is 1. The Morgan fingerprint density at radius 2 is 1.55 bits per heavy atom. The van der Waals surface area contributed by atoms with E-state index in [4.69, 9.17) is 0 Å². The summed E-state index contributed by atoms with van der Waals surface area (Å²) in [6.45, 7) is 7.84. The average Bonchev–Trinajstić information content (AvgIpc) is 3.83. The van der Waals surface area contributed by atoms with Crippen molar-refractivity contribution in [3.63, 3.8) is 0 Å². The number of fused-ring (bicyclic) bond motifs is 2. The van der Waals surface area contributed by atoms with Crippen LogP contribution in [-0.4, -0.2) is 77.1 Å². The van der Waals surface area contributed by atoms with E-state index in [-0.39, 0.29) is 24.8 Å². The molecule has 5 amide bonds. The third-order valence-corrected chi connectivity index (χ3v) is 11.5. The zero-order valence-corrected chi connectivity index (χ0v) is 29.9. The number of carbonyl (C=O) groups is 5. The average molecular weight is 712 g/mol. The maximum atomic E-state index is 13.3. The molecule has 2 atom stereocenters. The number of nitrogens with one attached hydrogen (secondary N) is 2. The van der Waals surface area contributed by atoms with Gasteiger partial charge < -0.3 is 15.1 Å². The van der Waals surface area contributed by atoms with Crippen LogP contribution in [0.5, 0.6) is 0 Å². The molecule has 12 nitrogen and oxygen atoms in total. The van der Waals surface area contributed by atoms with Gasteiger partial charge in [0, 0.05) is 67.3 Å². The van der Waals surface area contributed by atoms with Crippen molar-refractivity contribution in [2.24, 2.45) is 0 Å². The Kier molecular flexibility index (Phi) is 8.82. The summed E-state index contributed by atoms with van der Waals surface area (Å²) in [5.74, 6) is -2.08. The maximum absolute atomic E-state index is 13.3. The fourth-order valence-corrected chi connectivity index (χ4v) is 8.51. The molecular weight excluding hydrogens is 670 g/mol. The van der Waals surface area contributed by atoms with Crippen LogP contribution in [0.4, 0.5) is 11.4 Å². The van der Waals surface area contributed by atoms with Gasteiger partial charge in [-0.3, -0.25) is 39.1 Å². The van der Waals surface area contributed by atoms with Gasteiger partial charge in [-0.1, -0.05) is 6.92 Å². The van der Waals surface area contributed by atoms with Crippen molar-refractivity contribution in [1.82, 2.24) is 20.4 Å². The number of imide groups is 2. The van der Waals surface area contributed by atoms with E-state index in [2.05, 4.69) is 50.5 Å². The molecular formula is C41H41N7O5. The van der Waals surface area contributed by atoms with Crippen molar-refractivity contribution in [1.29, 1.82) is 5.26 Å². The number of benzene rings is 3. The van der Waals surface area contributed by atoms with Gasteiger partial charge in [0.05, 0.1) is 29.3 Å². The minimum atomic E-state index is -0.966. The molecule has 3 aromatic carbocycles. The molecule has 5 heterocycles. The minimum Gasteiger partial charge on any atom is -0.371 e. The van der Waals surface area contributed by atoms with Crippen LogP contribution in [0.2, 0.25) is 0 Å². The summed E-state index contributed by atoms with van der Waals surface area (Å²) in [5.41, 5.74) is 8.00. The maximum Gasteiger partial charge on any atom is 0.262 e. The van der Waals surface area contributed by atoms with Gasteiger partial charge in [0.2, 0.25) is 11.8 Å². The lowest BCUT2D eigenvalue weighted by Crippen LogP contribution is -2.54. The van der Waals surface area contributed by atoms with Crippen LogP contribution >= 0.6 is 0 Å². The van der Waals surface area contributed by atoms with E-state index in [1.54, 1.807) is 0 Å². The van der Waals surface area contributed by atoms with Crippen LogP contribution in [0.15, 0.2) is 66.4 Å². The summed E-state index contributed by atoms with van der Waals surface area (Å²) in [5, 5.41) is 14.7. The Bertz CT molecular complexity index is 2080. The number of rotatable bonds is 7. The van der Waals surface area contributed by atoms with Gasteiger partial charge in [-0.15, -0.1) is 0 Å². The highest BCUT2D eigenvalue weighted by atomic mass is 16.2. The van der Waals surface area contributed by atoms with Gasteiger partial charge in [-0.05, 0) is 110 Å². The van der Waals surface area contributed by atoms with Gasteiger partial charge >= 0.3 is 0 Å². The lowest BCUT2D eigenvalue weighted by Gasteiger charge is -2.37. The smallest absolute Gasteiger partial charge is 0.262 e. The van der Waals surface area contributed by atoms with E-state index in [0.717, 1.165) is 71.0 Å². The molecule has 3 aromatic rings. The molecule has 2 saturated heterocycles. The largest absolute Gasteiger partial charge is 0.371 e. The summed E-state index contributed by atoms with van der Waals surface area (Å²) in [6.07, 6.45) is 5.00. The summed E-state index contributed by atoms with van der Waals surface area (Å²) in [7, 11) is 0. The molecule has 2 N–H and O–H groups in total. The summed E-state index contributed by atoms with van der Waals surface area (Å²) in [6, 6.07) is 19.1. The number of hydrogen-bond acceptors (Lipinski definition) is 9. The van der Waals surface area contributed by atoms with E-state index in [1.807, 2.05) is 55.5 Å². The fourth-order valence-electron chi connectivity index (χ4n) is 8.51. The van der Waals surface area contributed by atoms with E-state index >= 15 is 0 Å². The lowest BCUT2D eigenvalue weighted by atomic mass is 10.0. The van der Waals surface area contributed by atoms with Crippen LogP contribution in [0.3, 0.4) is 0 Å². The third kappa shape index (κ3) is 6.25. The second-order valence-electron chi connectivity index (χ2n) is 14.6. The molecule has 2 fully saturated rings. The van der Waals surface area contributed by atoms with Crippen LogP contribution in [0.25, 0.3) is 0 Å². The molecule has 0 spiro atoms. The van der Waals surface area contributed by atoms with Gasteiger partial charge in [-0.25, -0.2) is 0 Å². The third-order valence-electron chi connectivity index (χ3n) is 11.5. The van der Waals surface area contributed by atoms with E-state index < -0.39 is 29.7 Å². The van der Waals surface area contributed by atoms with Crippen molar-refractivity contribution in [3.8, 4) is 6.07 Å². The van der Waals surface area contributed by atoms with Gasteiger partial charge in [-0.2, -0.15) is 5.26 Å². The minimum absolute atomic E-state index is 0.0944. The second kappa shape index (κ2) is 13.6. The van der Waals surface area contributed by atoms with Crippen molar-refractivity contribution in [2.75, 3.05) is 29.4 Å². The van der Waals surface area contributed by atoms with Gasteiger partial charge in [0.15, 0.2) is 0 Å². The molecule has 8 rings (SSSR count). The molecule has 53 heavy (non-hydrogen) atoms. The Labute approximate surface area is 308 Å². The molecule has 0 bridgehead atoms. The summed E-state index contributed by atoms with van der Waals surface area (Å²) < 4.78 is 0. The highest BCUT2D eigenvalue weighted by Crippen LogP contribution is 2.36. The molecule has 0 radical (unpaired) electrons. The van der Waals surface area contributed by atoms with Crippen LogP contribution in [0.1, 0.15) is 92.9 Å². The number of amides is 5.